The number of nitrogens with zero attached hydrogens (tertiary/aromatic N) is 1. The highest BCUT2D eigenvalue weighted by atomic mass is 79.9. The Labute approximate surface area is 105 Å². The van der Waals surface area contributed by atoms with Crippen LogP contribution in [0.25, 0.3) is 0 Å². The Morgan fingerprint density at radius 1 is 1.00 bits per heavy atom. The summed E-state index contributed by atoms with van der Waals surface area (Å²) in [6, 6.07) is 0. The van der Waals surface area contributed by atoms with Gasteiger partial charge in [-0.05, 0) is 24.8 Å². The second-order valence-electron chi connectivity index (χ2n) is 4.26. The molecule has 0 atom stereocenters. The first-order chi connectivity index (χ1) is 7.32. The summed E-state index contributed by atoms with van der Waals surface area (Å²) in [7, 11) is 0. The number of rotatable bonds is 7. The van der Waals surface area contributed by atoms with Gasteiger partial charge in [0, 0.05) is 11.9 Å². The van der Waals surface area contributed by atoms with E-state index in [9.17, 15) is 13.2 Å². The third-order valence-corrected chi connectivity index (χ3v) is 4.38. The molecular weight excluding hydrogens is 283 g/mol. The van der Waals surface area contributed by atoms with Gasteiger partial charge in [-0.15, -0.1) is 0 Å². The lowest BCUT2D eigenvalue weighted by atomic mass is 9.84. The first-order valence-corrected chi connectivity index (χ1v) is 6.79. The monoisotopic (exact) mass is 303 g/mol. The molecule has 0 amide bonds. The molecule has 0 fully saturated rings. The predicted molar refractivity (Wildman–Crippen MR) is 65.0 cm³/mol. The predicted octanol–water partition coefficient (Wildman–Crippen LogP) is 4.07. The lowest BCUT2D eigenvalue weighted by molar-refractivity contribution is -0.148. The molecule has 0 rings (SSSR count). The fourth-order valence-electron chi connectivity index (χ4n) is 1.71. The van der Waals surface area contributed by atoms with Crippen molar-refractivity contribution in [2.45, 2.75) is 39.8 Å². The van der Waals surface area contributed by atoms with Gasteiger partial charge in [0.1, 0.15) is 0 Å². The van der Waals surface area contributed by atoms with Crippen molar-refractivity contribution >= 4 is 15.9 Å². The highest BCUT2D eigenvalue weighted by Crippen LogP contribution is 2.31. The molecule has 0 N–H and O–H groups in total. The van der Waals surface area contributed by atoms with Gasteiger partial charge in [0.15, 0.2) is 0 Å². The summed E-state index contributed by atoms with van der Waals surface area (Å²) in [4.78, 5) is 1.48. The number of halogens is 4. The normalized spacial score (nSPS) is 13.5. The SMILES string of the molecule is CCN(CC(F)(F)F)CC(CC)(CC)CBr. The molecule has 0 heterocycles. The Bertz CT molecular complexity index is 182. The van der Waals surface area contributed by atoms with Crippen molar-refractivity contribution in [1.82, 2.24) is 4.90 Å². The lowest BCUT2D eigenvalue weighted by Crippen LogP contribution is -2.42. The van der Waals surface area contributed by atoms with Crippen molar-refractivity contribution in [2.75, 3.05) is 25.0 Å². The maximum atomic E-state index is 12.3. The quantitative estimate of drug-likeness (QED) is 0.641. The van der Waals surface area contributed by atoms with Crippen LogP contribution >= 0.6 is 15.9 Å². The summed E-state index contributed by atoms with van der Waals surface area (Å²) in [5.41, 5.74) is -0.0404. The summed E-state index contributed by atoms with van der Waals surface area (Å²) in [6.07, 6.45) is -2.32. The first-order valence-electron chi connectivity index (χ1n) is 5.67. The number of hydrogen-bond acceptors (Lipinski definition) is 1. The van der Waals surface area contributed by atoms with Crippen LogP contribution in [0.15, 0.2) is 0 Å². The van der Waals surface area contributed by atoms with Crippen LogP contribution in [-0.4, -0.2) is 36.0 Å². The average molecular weight is 304 g/mol. The van der Waals surface area contributed by atoms with E-state index in [-0.39, 0.29) is 5.41 Å². The lowest BCUT2D eigenvalue weighted by Gasteiger charge is -2.35. The fourth-order valence-corrected chi connectivity index (χ4v) is 2.68. The summed E-state index contributed by atoms with van der Waals surface area (Å²) < 4.78 is 37.0. The van der Waals surface area contributed by atoms with E-state index in [0.29, 0.717) is 13.1 Å². The molecule has 98 valence electrons. The van der Waals surface area contributed by atoms with E-state index in [1.54, 1.807) is 6.92 Å². The molecule has 0 aliphatic heterocycles. The Kier molecular flexibility index (Phi) is 6.94. The van der Waals surface area contributed by atoms with Crippen molar-refractivity contribution in [3.63, 3.8) is 0 Å². The van der Waals surface area contributed by atoms with E-state index in [4.69, 9.17) is 0 Å². The maximum Gasteiger partial charge on any atom is 0.401 e. The molecule has 16 heavy (non-hydrogen) atoms. The minimum Gasteiger partial charge on any atom is -0.295 e. The molecular formula is C11H21BrF3N. The van der Waals surface area contributed by atoms with Crippen molar-refractivity contribution in [3.8, 4) is 0 Å². The largest absolute Gasteiger partial charge is 0.401 e. The van der Waals surface area contributed by atoms with Crippen molar-refractivity contribution in [2.24, 2.45) is 5.41 Å². The van der Waals surface area contributed by atoms with Crippen molar-refractivity contribution in [1.29, 1.82) is 0 Å². The van der Waals surface area contributed by atoms with E-state index in [0.717, 1.165) is 18.2 Å². The van der Waals surface area contributed by atoms with Crippen molar-refractivity contribution < 1.29 is 13.2 Å². The van der Waals surface area contributed by atoms with Gasteiger partial charge >= 0.3 is 6.18 Å². The third kappa shape index (κ3) is 5.53. The van der Waals surface area contributed by atoms with Gasteiger partial charge in [0.05, 0.1) is 6.54 Å². The highest BCUT2D eigenvalue weighted by Gasteiger charge is 2.34. The van der Waals surface area contributed by atoms with Gasteiger partial charge in [-0.2, -0.15) is 13.2 Å². The van der Waals surface area contributed by atoms with Gasteiger partial charge in [-0.3, -0.25) is 4.90 Å². The zero-order chi connectivity index (χ0) is 12.8. The van der Waals surface area contributed by atoms with Crippen LogP contribution < -0.4 is 0 Å². The van der Waals surface area contributed by atoms with Gasteiger partial charge in [0.25, 0.3) is 0 Å². The highest BCUT2D eigenvalue weighted by molar-refractivity contribution is 9.09. The van der Waals surface area contributed by atoms with E-state index in [1.807, 2.05) is 13.8 Å². The second kappa shape index (κ2) is 6.84. The van der Waals surface area contributed by atoms with Gasteiger partial charge in [0.2, 0.25) is 0 Å². The van der Waals surface area contributed by atoms with Crippen LogP contribution in [0.5, 0.6) is 0 Å². The Balaban J connectivity index is 4.50. The average Bonchev–Trinajstić information content (AvgIpc) is 2.23. The Morgan fingerprint density at radius 3 is 1.75 bits per heavy atom. The molecule has 5 heteroatoms. The van der Waals surface area contributed by atoms with Crippen LogP contribution in [0.1, 0.15) is 33.6 Å². The molecule has 0 aromatic heterocycles. The molecule has 0 bridgehead atoms. The summed E-state index contributed by atoms with van der Waals surface area (Å²) >= 11 is 3.42. The van der Waals surface area contributed by atoms with Crippen LogP contribution in [0, 0.1) is 5.41 Å². The Hall–Kier alpha value is 0.230. The Morgan fingerprint density at radius 2 is 1.50 bits per heavy atom. The van der Waals surface area contributed by atoms with Crippen LogP contribution in [0.4, 0.5) is 13.2 Å². The molecule has 0 aliphatic carbocycles. The summed E-state index contributed by atoms with van der Waals surface area (Å²) in [5.74, 6) is 0. The molecule has 0 aromatic rings. The first kappa shape index (κ1) is 16.2. The minimum absolute atomic E-state index is 0.0404. The van der Waals surface area contributed by atoms with Gasteiger partial charge < -0.3 is 0 Å². The van der Waals surface area contributed by atoms with E-state index in [1.165, 1.54) is 4.90 Å². The molecule has 0 saturated heterocycles. The fraction of sp³-hybridized carbons (Fsp3) is 1.00. The summed E-state index contributed by atoms with van der Waals surface area (Å²) in [6.45, 7) is 5.97. The van der Waals surface area contributed by atoms with E-state index in [2.05, 4.69) is 15.9 Å². The third-order valence-electron chi connectivity index (χ3n) is 3.19. The zero-order valence-corrected chi connectivity index (χ0v) is 11.8. The second-order valence-corrected chi connectivity index (χ2v) is 4.82. The van der Waals surface area contributed by atoms with Gasteiger partial charge in [-0.25, -0.2) is 0 Å². The van der Waals surface area contributed by atoms with Crippen molar-refractivity contribution in [3.05, 3.63) is 0 Å². The smallest absolute Gasteiger partial charge is 0.295 e. The molecule has 0 aromatic carbocycles. The molecule has 0 aliphatic rings. The molecule has 0 unspecified atom stereocenters. The molecule has 0 saturated carbocycles. The van der Waals surface area contributed by atoms with Crippen LogP contribution in [0.2, 0.25) is 0 Å². The number of hydrogen-bond donors (Lipinski definition) is 0. The standard InChI is InChI=1S/C11H21BrF3N/c1-4-10(5-2,7-12)8-16(6-3)9-11(13,14)15/h4-9H2,1-3H3. The van der Waals surface area contributed by atoms with E-state index < -0.39 is 12.7 Å². The minimum atomic E-state index is -4.10. The number of alkyl halides is 4. The summed E-state index contributed by atoms with van der Waals surface area (Å²) in [5, 5.41) is 0.751. The van der Waals surface area contributed by atoms with E-state index >= 15 is 0 Å². The van der Waals surface area contributed by atoms with Gasteiger partial charge in [-0.1, -0.05) is 36.7 Å². The van der Waals surface area contributed by atoms with Crippen LogP contribution in [0.3, 0.4) is 0 Å². The zero-order valence-electron chi connectivity index (χ0n) is 10.2. The molecule has 0 radical (unpaired) electrons. The molecule has 0 spiro atoms. The van der Waals surface area contributed by atoms with Crippen LogP contribution in [-0.2, 0) is 0 Å². The molecule has 1 nitrogen and oxygen atoms in total. The maximum absolute atomic E-state index is 12.3. The topological polar surface area (TPSA) is 3.24 Å².